The van der Waals surface area contributed by atoms with Gasteiger partial charge in [0.25, 0.3) is 0 Å². The van der Waals surface area contributed by atoms with E-state index in [-0.39, 0.29) is 5.41 Å². The van der Waals surface area contributed by atoms with Crippen LogP contribution in [-0.4, -0.2) is 16.1 Å². The lowest BCUT2D eigenvalue weighted by atomic mass is 9.81. The van der Waals surface area contributed by atoms with Crippen LogP contribution in [0.5, 0.6) is 0 Å². The molecule has 0 spiro atoms. The number of nitriles is 1. The Balaban J connectivity index is 0.981. The van der Waals surface area contributed by atoms with E-state index in [9.17, 15) is 5.26 Å². The van der Waals surface area contributed by atoms with Crippen LogP contribution in [0.3, 0.4) is 0 Å². The smallest absolute Gasteiger partial charge is 0.188 e. The molecule has 10 rings (SSSR count). The van der Waals surface area contributed by atoms with Gasteiger partial charge >= 0.3 is 0 Å². The fraction of sp³-hybridized carbons (Fsp3) is 0.134. The molecule has 0 heterocycles. The first-order chi connectivity index (χ1) is 35.1. The number of hydrogen-bond donors (Lipinski definition) is 0. The standard InChI is InChI=1S/C67H60N4Si2/c1-67(2)63-43-48(21-20-47-22-27-53(28-23-47)70(54-29-34-57(35-30-54)72(4,5)6)65-40-25-49(46-68)42-61(65)50-16-12-10-13-17-50)24-38-59(63)60-39-33-56(45-64(60)67)71(55-31-36-58(37-32-55)73(7,8)9)66-41-26-52(69-3)44-62(66)51-18-14-11-15-19-51/h10-45H,1-2,4-9H3/b21-20+. The number of fused-ring (bicyclic) bond motifs is 3. The zero-order chi connectivity index (χ0) is 51.1. The van der Waals surface area contributed by atoms with Crippen molar-refractivity contribution < 1.29 is 0 Å². The lowest BCUT2D eigenvalue weighted by Gasteiger charge is -2.30. The first kappa shape index (κ1) is 48.4. The minimum Gasteiger partial charge on any atom is -0.310 e. The highest BCUT2D eigenvalue weighted by atomic mass is 28.3. The molecule has 1 aliphatic rings. The average Bonchev–Trinajstić information content (AvgIpc) is 3.63. The highest BCUT2D eigenvalue weighted by Crippen LogP contribution is 2.52. The number of rotatable bonds is 12. The van der Waals surface area contributed by atoms with E-state index < -0.39 is 16.1 Å². The summed E-state index contributed by atoms with van der Waals surface area (Å²) in [4.78, 5) is 8.53. The molecule has 356 valence electrons. The highest BCUT2D eigenvalue weighted by Gasteiger charge is 2.36. The third-order valence-corrected chi connectivity index (χ3v) is 18.6. The zero-order valence-corrected chi connectivity index (χ0v) is 45.1. The summed E-state index contributed by atoms with van der Waals surface area (Å²) in [7, 11) is -3.06. The van der Waals surface area contributed by atoms with Gasteiger partial charge in [0.15, 0.2) is 5.69 Å². The summed E-state index contributed by atoms with van der Waals surface area (Å²) in [6.07, 6.45) is 4.43. The van der Waals surface area contributed by atoms with Crippen LogP contribution in [0.4, 0.5) is 39.8 Å². The second-order valence-electron chi connectivity index (χ2n) is 21.7. The quantitative estimate of drug-likeness (QED) is 0.0695. The molecule has 0 saturated heterocycles. The molecule has 0 N–H and O–H groups in total. The molecule has 1 aliphatic carbocycles. The fourth-order valence-corrected chi connectivity index (χ4v) is 12.6. The van der Waals surface area contributed by atoms with Crippen molar-refractivity contribution in [1.82, 2.24) is 0 Å². The van der Waals surface area contributed by atoms with E-state index in [1.165, 1.54) is 32.6 Å². The summed E-state index contributed by atoms with van der Waals surface area (Å²) >= 11 is 0. The third-order valence-electron chi connectivity index (χ3n) is 14.4. The van der Waals surface area contributed by atoms with Gasteiger partial charge < -0.3 is 9.80 Å². The van der Waals surface area contributed by atoms with E-state index in [1.807, 2.05) is 48.5 Å². The molecule has 4 nitrogen and oxygen atoms in total. The van der Waals surface area contributed by atoms with Gasteiger partial charge in [-0.15, -0.1) is 0 Å². The van der Waals surface area contributed by atoms with E-state index in [0.717, 1.165) is 67.5 Å². The van der Waals surface area contributed by atoms with Crippen LogP contribution in [0.25, 0.3) is 50.4 Å². The Morgan fingerprint density at radius 2 is 0.890 bits per heavy atom. The second-order valence-corrected chi connectivity index (χ2v) is 31.9. The minimum absolute atomic E-state index is 0.267. The summed E-state index contributed by atoms with van der Waals surface area (Å²) in [5, 5.41) is 12.8. The minimum atomic E-state index is -1.54. The van der Waals surface area contributed by atoms with Crippen molar-refractivity contribution in [1.29, 1.82) is 5.26 Å². The van der Waals surface area contributed by atoms with Crippen LogP contribution < -0.4 is 20.2 Å². The Labute approximate surface area is 434 Å². The Kier molecular flexibility index (Phi) is 12.8. The molecule has 9 aromatic rings. The third kappa shape index (κ3) is 9.64. The van der Waals surface area contributed by atoms with Crippen molar-refractivity contribution in [3.05, 3.63) is 245 Å². The van der Waals surface area contributed by atoms with Crippen molar-refractivity contribution >= 4 is 78.5 Å². The van der Waals surface area contributed by atoms with Crippen molar-refractivity contribution in [2.24, 2.45) is 0 Å². The molecule has 9 aromatic carbocycles. The Morgan fingerprint density at radius 1 is 0.452 bits per heavy atom. The van der Waals surface area contributed by atoms with Gasteiger partial charge in [0.05, 0.1) is 45.7 Å². The molecule has 0 amide bonds. The average molecular weight is 977 g/mol. The lowest BCUT2D eigenvalue weighted by molar-refractivity contribution is 0.660. The molecule has 0 aromatic heterocycles. The normalized spacial score (nSPS) is 12.7. The topological polar surface area (TPSA) is 34.6 Å². The maximum Gasteiger partial charge on any atom is 0.188 e. The van der Waals surface area contributed by atoms with E-state index in [2.05, 4.69) is 244 Å². The number of nitrogens with zero attached hydrogens (tertiary/aromatic N) is 4. The molecule has 0 radical (unpaired) electrons. The van der Waals surface area contributed by atoms with Crippen LogP contribution in [-0.2, 0) is 5.41 Å². The summed E-state index contributed by atoms with van der Waals surface area (Å²) in [6, 6.07) is 76.1. The molecule has 0 saturated carbocycles. The van der Waals surface area contributed by atoms with Crippen molar-refractivity contribution in [2.75, 3.05) is 9.80 Å². The van der Waals surface area contributed by atoms with Crippen molar-refractivity contribution in [3.63, 3.8) is 0 Å². The van der Waals surface area contributed by atoms with Gasteiger partial charge in [0, 0.05) is 33.7 Å². The van der Waals surface area contributed by atoms with Gasteiger partial charge in [-0.2, -0.15) is 5.26 Å². The molecule has 0 bridgehead atoms. The SMILES string of the molecule is [C-]#[N+]c1ccc(N(c2ccc([Si](C)(C)C)cc2)c2ccc3c(c2)C(C)(C)c2cc(/C=C/c4ccc(N(c5ccc([Si](C)(C)C)cc5)c5ccc(C#N)cc5-c5ccccc5)cc4)ccc2-3)c(-c2ccccc2)c1. The number of anilines is 6. The van der Waals surface area contributed by atoms with E-state index in [1.54, 1.807) is 0 Å². The molecule has 0 atom stereocenters. The van der Waals surface area contributed by atoms with Gasteiger partial charge in [-0.3, -0.25) is 0 Å². The maximum absolute atomic E-state index is 9.96. The van der Waals surface area contributed by atoms with Crippen LogP contribution in [0.2, 0.25) is 39.3 Å². The predicted octanol–water partition coefficient (Wildman–Crippen LogP) is 17.9. The first-order valence-corrected chi connectivity index (χ1v) is 32.2. The lowest BCUT2D eigenvalue weighted by Crippen LogP contribution is -2.37. The first-order valence-electron chi connectivity index (χ1n) is 25.2. The largest absolute Gasteiger partial charge is 0.310 e. The molecule has 0 unspecified atom stereocenters. The highest BCUT2D eigenvalue weighted by molar-refractivity contribution is 6.89. The maximum atomic E-state index is 9.96. The molecular weight excluding hydrogens is 917 g/mol. The van der Waals surface area contributed by atoms with Gasteiger partial charge in [-0.1, -0.05) is 203 Å². The molecule has 73 heavy (non-hydrogen) atoms. The summed E-state index contributed by atoms with van der Waals surface area (Å²) < 4.78 is 0. The number of hydrogen-bond acceptors (Lipinski definition) is 3. The zero-order valence-electron chi connectivity index (χ0n) is 43.1. The Hall–Kier alpha value is -8.27. The van der Waals surface area contributed by atoms with Crippen LogP contribution in [0.1, 0.15) is 41.7 Å². The van der Waals surface area contributed by atoms with Crippen LogP contribution >= 0.6 is 0 Å². The molecule has 0 fully saturated rings. The fourth-order valence-electron chi connectivity index (χ4n) is 10.3. The number of benzene rings is 9. The monoisotopic (exact) mass is 976 g/mol. The van der Waals surface area contributed by atoms with Crippen molar-refractivity contribution in [3.8, 4) is 39.4 Å². The van der Waals surface area contributed by atoms with Gasteiger partial charge in [-0.05, 0) is 129 Å². The van der Waals surface area contributed by atoms with Crippen LogP contribution in [0, 0.1) is 17.9 Å². The molecular formula is C67H60N4Si2. The van der Waals surface area contributed by atoms with Gasteiger partial charge in [0.1, 0.15) is 0 Å². The van der Waals surface area contributed by atoms with Crippen molar-refractivity contribution in [2.45, 2.75) is 58.5 Å². The summed E-state index contributed by atoms with van der Waals surface area (Å²) in [5.41, 5.74) is 18.8. The Morgan fingerprint density at radius 3 is 1.41 bits per heavy atom. The molecule has 0 aliphatic heterocycles. The summed E-state index contributed by atoms with van der Waals surface area (Å²) in [5.74, 6) is 0. The second kappa shape index (κ2) is 19.4. The van der Waals surface area contributed by atoms with E-state index >= 15 is 0 Å². The van der Waals surface area contributed by atoms with Gasteiger partial charge in [-0.25, -0.2) is 4.85 Å². The van der Waals surface area contributed by atoms with E-state index in [4.69, 9.17) is 6.57 Å². The predicted molar refractivity (Wildman–Crippen MR) is 317 cm³/mol. The van der Waals surface area contributed by atoms with E-state index in [0.29, 0.717) is 11.3 Å². The van der Waals surface area contributed by atoms with Gasteiger partial charge in [0.2, 0.25) is 0 Å². The van der Waals surface area contributed by atoms with Crippen LogP contribution in [0.15, 0.2) is 206 Å². The molecule has 6 heteroatoms. The Bertz CT molecular complexity index is 3610. The summed E-state index contributed by atoms with van der Waals surface area (Å²) in [6.45, 7) is 26.9.